The van der Waals surface area contributed by atoms with Gasteiger partial charge in [-0.05, 0) is 6.42 Å². The molecule has 76 valence electrons. The number of carbonyl (C=O) groups is 2. The van der Waals surface area contributed by atoms with Crippen LogP contribution in [0.2, 0.25) is 0 Å². The summed E-state index contributed by atoms with van der Waals surface area (Å²) in [6.07, 6.45) is 0.635. The molecule has 0 heterocycles. The molecule has 0 aromatic carbocycles. The van der Waals surface area contributed by atoms with Gasteiger partial charge in [0, 0.05) is 0 Å². The summed E-state index contributed by atoms with van der Waals surface area (Å²) in [7, 11) is 0. The molecule has 0 aliphatic carbocycles. The molecule has 4 N–H and O–H groups in total. The van der Waals surface area contributed by atoms with Gasteiger partial charge in [0.15, 0.2) is 0 Å². The molecule has 0 aromatic heterocycles. The Hall–Kier alpha value is -0.750. The summed E-state index contributed by atoms with van der Waals surface area (Å²) >= 11 is 3.82. The smallest absolute Gasteiger partial charge is 0.322 e. The Bertz CT molecular complexity index is 221. The fourth-order valence-corrected chi connectivity index (χ4v) is 1.31. The number of aliphatic carboxylic acids is 2. The van der Waals surface area contributed by atoms with Gasteiger partial charge in [0.25, 0.3) is 0 Å². The lowest BCUT2D eigenvalue weighted by Crippen LogP contribution is -2.54. The van der Waals surface area contributed by atoms with E-state index < -0.39 is 22.7 Å². The Morgan fingerprint density at radius 1 is 1.54 bits per heavy atom. The van der Waals surface area contributed by atoms with Crippen molar-refractivity contribution in [2.75, 3.05) is 0 Å². The third-order valence-corrected chi connectivity index (χ3v) is 2.48. The van der Waals surface area contributed by atoms with E-state index >= 15 is 0 Å². The van der Waals surface area contributed by atoms with Crippen molar-refractivity contribution in [2.45, 2.75) is 30.6 Å². The van der Waals surface area contributed by atoms with Crippen LogP contribution in [0, 0.1) is 0 Å². The van der Waals surface area contributed by atoms with E-state index in [1.54, 1.807) is 6.92 Å². The minimum absolute atomic E-state index is 0.124. The maximum Gasteiger partial charge on any atom is 0.322 e. The molecule has 0 spiro atoms. The number of hydrogen-bond donors (Lipinski definition) is 4. The van der Waals surface area contributed by atoms with Gasteiger partial charge in [-0.1, -0.05) is 13.3 Å². The Labute approximate surface area is 81.3 Å². The molecule has 13 heavy (non-hydrogen) atoms. The van der Waals surface area contributed by atoms with Crippen LogP contribution in [0.1, 0.15) is 19.8 Å². The topological polar surface area (TPSA) is 101 Å². The molecule has 6 heteroatoms. The molecule has 0 amide bonds. The first-order chi connectivity index (χ1) is 5.86. The van der Waals surface area contributed by atoms with Crippen LogP contribution in [0.15, 0.2) is 0 Å². The van der Waals surface area contributed by atoms with E-state index in [0.29, 0.717) is 6.42 Å². The third-order valence-electron chi connectivity index (χ3n) is 1.78. The average Bonchev–Trinajstić information content (AvgIpc) is 2.02. The predicted molar refractivity (Wildman–Crippen MR) is 49.9 cm³/mol. The van der Waals surface area contributed by atoms with Crippen molar-refractivity contribution in [3.05, 3.63) is 0 Å². The second kappa shape index (κ2) is 4.48. The molecule has 0 aliphatic rings. The largest absolute Gasteiger partial charge is 0.480 e. The van der Waals surface area contributed by atoms with Crippen molar-refractivity contribution in [3.63, 3.8) is 0 Å². The van der Waals surface area contributed by atoms with Crippen molar-refractivity contribution >= 4 is 24.6 Å². The molecule has 0 saturated heterocycles. The van der Waals surface area contributed by atoms with Crippen LogP contribution >= 0.6 is 12.6 Å². The fourth-order valence-electron chi connectivity index (χ4n) is 0.981. The lowest BCUT2D eigenvalue weighted by Gasteiger charge is -2.26. The van der Waals surface area contributed by atoms with Gasteiger partial charge in [0.05, 0.1) is 0 Å². The molecular formula is C7H13NO4S. The Morgan fingerprint density at radius 2 is 2.00 bits per heavy atom. The first kappa shape index (κ1) is 12.2. The number of carboxylic acids is 2. The molecule has 0 rings (SSSR count). The van der Waals surface area contributed by atoms with Crippen LogP contribution in [0.5, 0.6) is 0 Å². The summed E-state index contributed by atoms with van der Waals surface area (Å²) in [4.78, 5) is 21.2. The van der Waals surface area contributed by atoms with E-state index in [2.05, 4.69) is 12.6 Å². The number of carboxylic acid groups (broad SMARTS) is 2. The maximum atomic E-state index is 10.7. The highest BCUT2D eigenvalue weighted by Gasteiger charge is 2.44. The fraction of sp³-hybridized carbons (Fsp3) is 0.714. The Kier molecular flexibility index (Phi) is 4.22. The van der Waals surface area contributed by atoms with E-state index in [-0.39, 0.29) is 6.42 Å². The zero-order valence-corrected chi connectivity index (χ0v) is 8.12. The zero-order valence-electron chi connectivity index (χ0n) is 7.23. The van der Waals surface area contributed by atoms with Crippen LogP contribution in [0.25, 0.3) is 0 Å². The summed E-state index contributed by atoms with van der Waals surface area (Å²) in [5, 5.41) is 17.3. The van der Waals surface area contributed by atoms with Crippen LogP contribution in [-0.2, 0) is 9.59 Å². The predicted octanol–water partition coefficient (Wildman–Crippen LogP) is -0.0484. The van der Waals surface area contributed by atoms with Gasteiger partial charge in [-0.25, -0.2) is 0 Å². The quantitative estimate of drug-likeness (QED) is 0.474. The summed E-state index contributed by atoms with van der Waals surface area (Å²) < 4.78 is -1.68. The summed E-state index contributed by atoms with van der Waals surface area (Å²) in [6.45, 7) is 1.74. The lowest BCUT2D eigenvalue weighted by atomic mass is 9.94. The molecule has 0 radical (unpaired) electrons. The van der Waals surface area contributed by atoms with Crippen molar-refractivity contribution in [3.8, 4) is 0 Å². The standard InChI is InChI=1S/C7H13NO4S/c1-2-3-7(13,6(11)12)4(8)5(9)10/h4,13H,2-3,8H2,1H3,(H,9,10)(H,11,12). The molecule has 5 nitrogen and oxygen atoms in total. The Morgan fingerprint density at radius 3 is 2.23 bits per heavy atom. The highest BCUT2D eigenvalue weighted by atomic mass is 32.1. The van der Waals surface area contributed by atoms with Crippen LogP contribution in [0.3, 0.4) is 0 Å². The second-order valence-corrected chi connectivity index (χ2v) is 3.59. The van der Waals surface area contributed by atoms with E-state index in [9.17, 15) is 9.59 Å². The number of hydrogen-bond acceptors (Lipinski definition) is 4. The monoisotopic (exact) mass is 207 g/mol. The minimum Gasteiger partial charge on any atom is -0.480 e. The van der Waals surface area contributed by atoms with Gasteiger partial charge in [-0.2, -0.15) is 12.6 Å². The maximum absolute atomic E-state index is 10.7. The van der Waals surface area contributed by atoms with Gasteiger partial charge >= 0.3 is 11.9 Å². The van der Waals surface area contributed by atoms with Gasteiger partial charge in [-0.15, -0.1) is 0 Å². The van der Waals surface area contributed by atoms with Gasteiger partial charge < -0.3 is 15.9 Å². The highest BCUT2D eigenvalue weighted by molar-refractivity contribution is 7.82. The molecule has 0 aliphatic heterocycles. The molecule has 2 atom stereocenters. The van der Waals surface area contributed by atoms with E-state index in [4.69, 9.17) is 15.9 Å². The average molecular weight is 207 g/mol. The first-order valence-corrected chi connectivity index (χ1v) is 4.25. The van der Waals surface area contributed by atoms with E-state index in [0.717, 1.165) is 0 Å². The number of thiol groups is 1. The van der Waals surface area contributed by atoms with E-state index in [1.807, 2.05) is 0 Å². The zero-order chi connectivity index (χ0) is 10.6. The number of nitrogens with two attached hydrogens (primary N) is 1. The molecule has 2 unspecified atom stereocenters. The van der Waals surface area contributed by atoms with Gasteiger partial charge in [0.1, 0.15) is 10.8 Å². The summed E-state index contributed by atoms with van der Waals surface area (Å²) in [5.74, 6) is -2.65. The van der Waals surface area contributed by atoms with Crippen LogP contribution in [0.4, 0.5) is 0 Å². The van der Waals surface area contributed by atoms with Crippen molar-refractivity contribution < 1.29 is 19.8 Å². The van der Waals surface area contributed by atoms with Crippen molar-refractivity contribution in [1.82, 2.24) is 0 Å². The first-order valence-electron chi connectivity index (χ1n) is 3.80. The minimum atomic E-state index is -1.68. The molecular weight excluding hydrogens is 194 g/mol. The number of rotatable bonds is 5. The van der Waals surface area contributed by atoms with Crippen LogP contribution < -0.4 is 5.73 Å². The SMILES string of the molecule is CCCC(S)(C(=O)O)C(N)C(=O)O. The second-order valence-electron chi connectivity index (χ2n) is 2.80. The van der Waals surface area contributed by atoms with E-state index in [1.165, 1.54) is 0 Å². The van der Waals surface area contributed by atoms with Crippen molar-refractivity contribution in [1.29, 1.82) is 0 Å². The highest BCUT2D eigenvalue weighted by Crippen LogP contribution is 2.25. The Balaban J connectivity index is 4.77. The summed E-state index contributed by atoms with van der Waals surface area (Å²) in [5.41, 5.74) is 5.23. The van der Waals surface area contributed by atoms with Crippen molar-refractivity contribution in [2.24, 2.45) is 5.73 Å². The molecule has 0 fully saturated rings. The third kappa shape index (κ3) is 2.60. The molecule has 0 saturated carbocycles. The van der Waals surface area contributed by atoms with Crippen LogP contribution in [-0.4, -0.2) is 32.9 Å². The van der Waals surface area contributed by atoms with Gasteiger partial charge in [-0.3, -0.25) is 9.59 Å². The molecule has 0 aromatic rings. The normalized spacial score (nSPS) is 17.5. The lowest BCUT2D eigenvalue weighted by molar-refractivity contribution is -0.148. The molecule has 0 bridgehead atoms. The van der Waals surface area contributed by atoms with Gasteiger partial charge in [0.2, 0.25) is 0 Å². The summed E-state index contributed by atoms with van der Waals surface area (Å²) in [6, 6.07) is -1.49.